The van der Waals surface area contributed by atoms with Gasteiger partial charge in [-0.05, 0) is 209 Å². The fourth-order valence-electron chi connectivity index (χ4n) is 18.6. The van der Waals surface area contributed by atoms with Crippen molar-refractivity contribution >= 4 is 86.2 Å². The Morgan fingerprint density at radius 1 is 0.144 bits per heavy atom. The molecule has 104 heavy (non-hydrogen) atoms. The van der Waals surface area contributed by atoms with E-state index in [0.717, 1.165) is 0 Å². The molecule has 0 saturated heterocycles. The predicted molar refractivity (Wildman–Crippen MR) is 446 cm³/mol. The van der Waals surface area contributed by atoms with E-state index in [1.54, 1.807) is 0 Å². The topological polar surface area (TPSA) is 0 Å². The van der Waals surface area contributed by atoms with Crippen LogP contribution >= 0.6 is 0 Å². The van der Waals surface area contributed by atoms with Gasteiger partial charge in [-0.1, -0.05) is 392 Å². The molecule has 0 radical (unpaired) electrons. The summed E-state index contributed by atoms with van der Waals surface area (Å²) in [5.74, 6) is 0. The lowest BCUT2D eigenvalue weighted by atomic mass is 9.80. The van der Waals surface area contributed by atoms with Gasteiger partial charge in [-0.3, -0.25) is 0 Å². The highest BCUT2D eigenvalue weighted by molar-refractivity contribution is 6.26. The lowest BCUT2D eigenvalue weighted by Crippen LogP contribution is -2.15. The second-order valence-corrected chi connectivity index (χ2v) is 29.6. The molecule has 21 rings (SSSR count). The Labute approximate surface area is 607 Å². The number of hydrogen-bond acceptors (Lipinski definition) is 0. The van der Waals surface area contributed by atoms with Crippen LogP contribution in [0.25, 0.3) is 186 Å². The first-order valence-electron chi connectivity index (χ1n) is 36.6. The highest BCUT2D eigenvalue weighted by Crippen LogP contribution is 2.57. The minimum Gasteiger partial charge on any atom is -0.0622 e. The number of rotatable bonds is 7. The molecule has 488 valence electrons. The summed E-state index contributed by atoms with van der Waals surface area (Å²) in [7, 11) is 0. The molecule has 0 heteroatoms. The molecule has 0 atom stereocenters. The largest absolute Gasteiger partial charge is 0.0622 e. The van der Waals surface area contributed by atoms with Crippen LogP contribution in [-0.2, 0) is 10.8 Å². The zero-order chi connectivity index (χ0) is 69.4. The maximum Gasteiger partial charge on any atom is 0.0165 e. The van der Waals surface area contributed by atoms with Crippen LogP contribution < -0.4 is 0 Å². The SMILES string of the molecule is CC1(C)c2cccc(-c3ccc(-c4c5ccccc5c(-c5ccc(-c6ccccc6)cc5)c5ccccc45)cc3)c2-c2ccc3ccccc3c21.CC1(C)c2cccc(-c3ccc(-c4c5ccccc5c(-c5cccc6c5ccc5ccccc56)c5ccccc45)cc3)c2-c2ccc3ccccc3c21. The first kappa shape index (κ1) is 61.2. The Bertz CT molecular complexity index is 6610. The van der Waals surface area contributed by atoms with Gasteiger partial charge < -0.3 is 0 Å². The van der Waals surface area contributed by atoms with Crippen molar-refractivity contribution in [2.75, 3.05) is 0 Å². The third-order valence-corrected chi connectivity index (χ3v) is 23.3. The molecule has 2 aliphatic rings. The van der Waals surface area contributed by atoms with Crippen LogP contribution in [0.4, 0.5) is 0 Å². The predicted octanol–water partition coefficient (Wildman–Crippen LogP) is 28.9. The molecule has 0 aromatic heterocycles. The molecule has 0 unspecified atom stereocenters. The normalized spacial score (nSPS) is 13.2. The molecule has 0 bridgehead atoms. The summed E-state index contributed by atoms with van der Waals surface area (Å²) in [6, 6.07) is 135. The fourth-order valence-corrected chi connectivity index (χ4v) is 18.6. The maximum absolute atomic E-state index is 2.39. The smallest absolute Gasteiger partial charge is 0.0165 e. The molecule has 0 nitrogen and oxygen atoms in total. The molecular formula is C104H72. The van der Waals surface area contributed by atoms with E-state index >= 15 is 0 Å². The first-order valence-corrected chi connectivity index (χ1v) is 36.6. The van der Waals surface area contributed by atoms with Gasteiger partial charge >= 0.3 is 0 Å². The van der Waals surface area contributed by atoms with Crippen molar-refractivity contribution < 1.29 is 0 Å². The molecule has 0 spiro atoms. The average molecular weight is 1320 g/mol. The lowest BCUT2D eigenvalue weighted by Gasteiger charge is -2.23. The average Bonchev–Trinajstić information content (AvgIpc) is 1.64. The van der Waals surface area contributed by atoms with Crippen LogP contribution in [-0.4, -0.2) is 0 Å². The van der Waals surface area contributed by atoms with Gasteiger partial charge in [0.25, 0.3) is 0 Å². The Hall–Kier alpha value is -12.7. The van der Waals surface area contributed by atoms with Gasteiger partial charge in [0.1, 0.15) is 0 Å². The quantitative estimate of drug-likeness (QED) is 0.110. The van der Waals surface area contributed by atoms with E-state index in [4.69, 9.17) is 0 Å². The molecule has 0 aliphatic heterocycles. The monoisotopic (exact) mass is 1320 g/mol. The molecule has 19 aromatic carbocycles. The van der Waals surface area contributed by atoms with Crippen molar-refractivity contribution in [2.24, 2.45) is 0 Å². The number of benzene rings is 19. The number of hydrogen-bond donors (Lipinski definition) is 0. The molecule has 19 aromatic rings. The van der Waals surface area contributed by atoms with Crippen LogP contribution in [0.1, 0.15) is 49.9 Å². The van der Waals surface area contributed by atoms with E-state index in [-0.39, 0.29) is 10.8 Å². The van der Waals surface area contributed by atoms with Gasteiger partial charge in [0.15, 0.2) is 0 Å². The van der Waals surface area contributed by atoms with Crippen LogP contribution in [0, 0.1) is 0 Å². The van der Waals surface area contributed by atoms with E-state index in [2.05, 4.69) is 392 Å². The van der Waals surface area contributed by atoms with E-state index in [0.29, 0.717) is 0 Å². The Morgan fingerprint density at radius 2 is 0.433 bits per heavy atom. The minimum absolute atomic E-state index is 0.0804. The van der Waals surface area contributed by atoms with Gasteiger partial charge in [0, 0.05) is 10.8 Å². The standard InChI is InChI=1S/C53H36.C51H36/c1-53(2)48-24-12-21-38(51(48)47-32-30-34-14-4-6-16-39(34)52(47)53)35-25-27-36(28-26-35)49-43-17-7-9-19-45(43)50(46-20-10-8-18-44(46)49)42-23-11-22-40-37-15-5-3-13-33(37)29-31-41(40)42;1-51(2)46-22-12-21-39(49(46)45-32-31-35-15-6-7-16-40(35)50(45)51)36-25-29-38(30-26-36)48-43-19-10-8-17-41(43)47(42-18-9-11-20-44(42)48)37-27-23-34(24-28-37)33-13-4-3-5-14-33/h3-32H,1-2H3;3-32H,1-2H3. The fraction of sp³-hybridized carbons (Fsp3) is 0.0577. The second kappa shape index (κ2) is 24.0. The van der Waals surface area contributed by atoms with E-state index in [9.17, 15) is 0 Å². The molecule has 0 saturated carbocycles. The first-order chi connectivity index (χ1) is 51.2. The summed E-state index contributed by atoms with van der Waals surface area (Å²) in [4.78, 5) is 0. The second-order valence-electron chi connectivity index (χ2n) is 29.6. The third kappa shape index (κ3) is 9.45. The van der Waals surface area contributed by atoms with Crippen LogP contribution in [0.3, 0.4) is 0 Å². The number of fused-ring (bicyclic) bond motifs is 17. The summed E-state index contributed by atoms with van der Waals surface area (Å²) in [6.07, 6.45) is 0. The summed E-state index contributed by atoms with van der Waals surface area (Å²) >= 11 is 0. The van der Waals surface area contributed by atoms with Gasteiger partial charge in [-0.25, -0.2) is 0 Å². The highest BCUT2D eigenvalue weighted by atomic mass is 14.4. The van der Waals surface area contributed by atoms with Crippen molar-refractivity contribution in [2.45, 2.75) is 38.5 Å². The molecule has 0 N–H and O–H groups in total. The van der Waals surface area contributed by atoms with Gasteiger partial charge in [0.05, 0.1) is 0 Å². The van der Waals surface area contributed by atoms with Gasteiger partial charge in [-0.2, -0.15) is 0 Å². The Morgan fingerprint density at radius 3 is 0.846 bits per heavy atom. The molecule has 2 aliphatic carbocycles. The molecule has 0 amide bonds. The zero-order valence-corrected chi connectivity index (χ0v) is 58.6. The van der Waals surface area contributed by atoms with Crippen LogP contribution in [0.2, 0.25) is 0 Å². The third-order valence-electron chi connectivity index (χ3n) is 23.3. The molecular weight excluding hydrogens is 1250 g/mol. The van der Waals surface area contributed by atoms with Gasteiger partial charge in [-0.15, -0.1) is 0 Å². The summed E-state index contributed by atoms with van der Waals surface area (Å²) in [5.41, 5.74) is 28.7. The van der Waals surface area contributed by atoms with E-state index in [1.807, 2.05) is 0 Å². The maximum atomic E-state index is 2.39. The van der Waals surface area contributed by atoms with Crippen molar-refractivity contribution in [1.29, 1.82) is 0 Å². The van der Waals surface area contributed by atoms with E-state index in [1.165, 1.54) is 209 Å². The molecule has 0 heterocycles. The van der Waals surface area contributed by atoms with Crippen molar-refractivity contribution in [1.82, 2.24) is 0 Å². The van der Waals surface area contributed by atoms with Crippen LogP contribution in [0.15, 0.2) is 364 Å². The van der Waals surface area contributed by atoms with Crippen LogP contribution in [0.5, 0.6) is 0 Å². The van der Waals surface area contributed by atoms with E-state index < -0.39 is 0 Å². The molecule has 0 fully saturated rings. The summed E-state index contributed by atoms with van der Waals surface area (Å²) < 4.78 is 0. The summed E-state index contributed by atoms with van der Waals surface area (Å²) in [5, 5.41) is 20.6. The Balaban J connectivity index is 0.000000139. The summed E-state index contributed by atoms with van der Waals surface area (Å²) in [6.45, 7) is 9.54. The van der Waals surface area contributed by atoms with Crippen molar-refractivity contribution in [3.63, 3.8) is 0 Å². The van der Waals surface area contributed by atoms with Crippen molar-refractivity contribution in [3.05, 3.63) is 386 Å². The van der Waals surface area contributed by atoms with Gasteiger partial charge in [0.2, 0.25) is 0 Å². The Kier molecular flexibility index (Phi) is 14.1. The zero-order valence-electron chi connectivity index (χ0n) is 58.6. The highest BCUT2D eigenvalue weighted by Gasteiger charge is 2.40. The van der Waals surface area contributed by atoms with Crippen molar-refractivity contribution in [3.8, 4) is 100 Å². The minimum atomic E-state index is -0.0851. The lowest BCUT2D eigenvalue weighted by molar-refractivity contribution is 0.666.